The van der Waals surface area contributed by atoms with Crippen LogP contribution >= 0.6 is 0 Å². The Bertz CT molecular complexity index is 536. The van der Waals surface area contributed by atoms with E-state index in [0.29, 0.717) is 22.9 Å². The summed E-state index contributed by atoms with van der Waals surface area (Å²) in [5.41, 5.74) is 0.445. The maximum atomic E-state index is 12.1. The number of likely N-dealkylation sites (N-methyl/N-ethyl adjacent to an activating group) is 1. The molecule has 0 aromatic heterocycles. The fraction of sp³-hybridized carbons (Fsp3) is 0.467. The second kappa shape index (κ2) is 8.72. The fourth-order valence-corrected chi connectivity index (χ4v) is 1.84. The smallest absolute Gasteiger partial charge is 0.325 e. The van der Waals surface area contributed by atoms with Crippen molar-refractivity contribution in [2.45, 2.75) is 6.92 Å². The minimum absolute atomic E-state index is 0.149. The highest BCUT2D eigenvalue weighted by atomic mass is 16.5. The van der Waals surface area contributed by atoms with Crippen LogP contribution < -0.4 is 19.5 Å². The van der Waals surface area contributed by atoms with Gasteiger partial charge >= 0.3 is 12.0 Å². The summed E-state index contributed by atoms with van der Waals surface area (Å²) in [5.74, 6) is 0.772. The van der Waals surface area contributed by atoms with Crippen LogP contribution in [0.25, 0.3) is 0 Å². The molecule has 1 aromatic rings. The van der Waals surface area contributed by atoms with Gasteiger partial charge in [0.1, 0.15) is 6.54 Å². The van der Waals surface area contributed by atoms with Gasteiger partial charge in [-0.1, -0.05) is 0 Å². The number of carbonyl (C=O) groups is 2. The molecular weight excluding hydrogens is 304 g/mol. The lowest BCUT2D eigenvalue weighted by Gasteiger charge is -2.18. The standard InChI is InChI=1S/C15H22N2O6/c1-6-23-13(18)9-17(2)15(19)16-10-7-11(20-3)14(22-5)12(8-10)21-4/h7-8H,6,9H2,1-5H3,(H,16,19). The predicted molar refractivity (Wildman–Crippen MR) is 84.4 cm³/mol. The monoisotopic (exact) mass is 326 g/mol. The first-order valence-electron chi connectivity index (χ1n) is 6.94. The summed E-state index contributed by atoms with van der Waals surface area (Å²) in [6, 6.07) is 2.72. The lowest BCUT2D eigenvalue weighted by molar-refractivity contribution is -0.143. The second-order valence-corrected chi connectivity index (χ2v) is 4.51. The van der Waals surface area contributed by atoms with E-state index >= 15 is 0 Å². The van der Waals surface area contributed by atoms with E-state index in [1.165, 1.54) is 33.3 Å². The SMILES string of the molecule is CCOC(=O)CN(C)C(=O)Nc1cc(OC)c(OC)c(OC)c1. The van der Waals surface area contributed by atoms with Gasteiger partial charge in [-0.05, 0) is 6.92 Å². The minimum Gasteiger partial charge on any atom is -0.493 e. The Morgan fingerprint density at radius 2 is 1.65 bits per heavy atom. The van der Waals surface area contributed by atoms with E-state index < -0.39 is 12.0 Å². The number of rotatable bonds is 7. The first-order chi connectivity index (χ1) is 11.0. The first-order valence-corrected chi connectivity index (χ1v) is 6.94. The third-order valence-electron chi connectivity index (χ3n) is 2.93. The van der Waals surface area contributed by atoms with Crippen molar-refractivity contribution in [3.8, 4) is 17.2 Å². The zero-order chi connectivity index (χ0) is 17.4. The Labute approximate surface area is 135 Å². The highest BCUT2D eigenvalue weighted by Crippen LogP contribution is 2.39. The Balaban J connectivity index is 2.87. The van der Waals surface area contributed by atoms with Gasteiger partial charge in [-0.15, -0.1) is 0 Å². The molecule has 0 aliphatic heterocycles. The van der Waals surface area contributed by atoms with Gasteiger partial charge in [0.05, 0.1) is 33.6 Å². The van der Waals surface area contributed by atoms with Crippen molar-refractivity contribution in [1.29, 1.82) is 0 Å². The predicted octanol–water partition coefficient (Wildman–Crippen LogP) is 1.74. The molecule has 1 rings (SSSR count). The van der Waals surface area contributed by atoms with Gasteiger partial charge in [-0.3, -0.25) is 4.79 Å². The molecule has 0 atom stereocenters. The normalized spacial score (nSPS) is 9.78. The summed E-state index contributed by atoms with van der Waals surface area (Å²) in [7, 11) is 5.95. The van der Waals surface area contributed by atoms with E-state index in [4.69, 9.17) is 18.9 Å². The van der Waals surface area contributed by atoms with Crippen LogP contribution in [0.1, 0.15) is 6.92 Å². The molecule has 0 fully saturated rings. The number of benzene rings is 1. The number of ether oxygens (including phenoxy) is 4. The lowest BCUT2D eigenvalue weighted by atomic mass is 10.2. The van der Waals surface area contributed by atoms with Crippen molar-refractivity contribution in [3.63, 3.8) is 0 Å². The zero-order valence-corrected chi connectivity index (χ0v) is 14.0. The largest absolute Gasteiger partial charge is 0.493 e. The molecule has 0 aliphatic carbocycles. The van der Waals surface area contributed by atoms with Crippen LogP contribution in [-0.4, -0.2) is 58.4 Å². The summed E-state index contributed by atoms with van der Waals surface area (Å²) >= 11 is 0. The van der Waals surface area contributed by atoms with Crippen molar-refractivity contribution >= 4 is 17.7 Å². The topological polar surface area (TPSA) is 86.3 Å². The first kappa shape index (κ1) is 18.4. The molecule has 0 unspecified atom stereocenters. The van der Waals surface area contributed by atoms with Gasteiger partial charge in [0.25, 0.3) is 0 Å². The zero-order valence-electron chi connectivity index (χ0n) is 14.0. The molecule has 1 N–H and O–H groups in total. The number of carbonyl (C=O) groups excluding carboxylic acids is 2. The number of nitrogens with one attached hydrogen (secondary N) is 1. The number of amides is 2. The van der Waals surface area contributed by atoms with E-state index in [0.717, 1.165) is 0 Å². The number of nitrogens with zero attached hydrogens (tertiary/aromatic N) is 1. The van der Waals surface area contributed by atoms with E-state index in [2.05, 4.69) is 5.32 Å². The second-order valence-electron chi connectivity index (χ2n) is 4.51. The maximum Gasteiger partial charge on any atom is 0.325 e. The van der Waals surface area contributed by atoms with Crippen LogP contribution in [0.2, 0.25) is 0 Å². The van der Waals surface area contributed by atoms with Gasteiger partial charge in [0.2, 0.25) is 5.75 Å². The summed E-state index contributed by atoms with van der Waals surface area (Å²) in [6.07, 6.45) is 0. The van der Waals surface area contributed by atoms with E-state index in [9.17, 15) is 9.59 Å². The molecule has 0 radical (unpaired) electrons. The van der Waals surface area contributed by atoms with Crippen molar-refractivity contribution in [1.82, 2.24) is 4.90 Å². The van der Waals surface area contributed by atoms with Gasteiger partial charge in [0.15, 0.2) is 11.5 Å². The Kier molecular flexibility index (Phi) is 6.98. The Hall–Kier alpha value is -2.64. The number of hydrogen-bond acceptors (Lipinski definition) is 6. The molecule has 0 bridgehead atoms. The molecule has 0 aliphatic rings. The number of methoxy groups -OCH3 is 3. The molecule has 1 aromatic carbocycles. The van der Waals surface area contributed by atoms with Crippen molar-refractivity contribution in [2.24, 2.45) is 0 Å². The number of urea groups is 1. The molecular formula is C15H22N2O6. The average Bonchev–Trinajstić information content (AvgIpc) is 2.53. The van der Waals surface area contributed by atoms with E-state index in [-0.39, 0.29) is 13.2 Å². The van der Waals surface area contributed by atoms with Crippen LogP contribution in [0.15, 0.2) is 12.1 Å². The third-order valence-corrected chi connectivity index (χ3v) is 2.93. The highest BCUT2D eigenvalue weighted by molar-refractivity contribution is 5.92. The highest BCUT2D eigenvalue weighted by Gasteiger charge is 2.17. The van der Waals surface area contributed by atoms with Crippen LogP contribution in [0.4, 0.5) is 10.5 Å². The maximum absolute atomic E-state index is 12.1. The van der Waals surface area contributed by atoms with E-state index in [1.807, 2.05) is 0 Å². The molecule has 0 heterocycles. The summed E-state index contributed by atoms with van der Waals surface area (Å²) in [5, 5.41) is 2.65. The number of hydrogen-bond donors (Lipinski definition) is 1. The molecule has 23 heavy (non-hydrogen) atoms. The van der Waals surface area contributed by atoms with Gasteiger partial charge in [-0.25, -0.2) is 4.79 Å². The number of esters is 1. The minimum atomic E-state index is -0.477. The molecule has 8 heteroatoms. The van der Waals surface area contributed by atoms with Crippen molar-refractivity contribution in [2.75, 3.05) is 46.8 Å². The van der Waals surface area contributed by atoms with Crippen LogP contribution in [-0.2, 0) is 9.53 Å². The summed E-state index contributed by atoms with van der Waals surface area (Å²) in [6.45, 7) is 1.82. The molecule has 0 saturated carbocycles. The third kappa shape index (κ3) is 4.94. The number of anilines is 1. The summed E-state index contributed by atoms with van der Waals surface area (Å²) < 4.78 is 20.4. The van der Waals surface area contributed by atoms with Gasteiger partial charge in [0, 0.05) is 19.2 Å². The van der Waals surface area contributed by atoms with Gasteiger partial charge < -0.3 is 29.2 Å². The molecule has 0 saturated heterocycles. The quantitative estimate of drug-likeness (QED) is 0.768. The lowest BCUT2D eigenvalue weighted by Crippen LogP contribution is -2.36. The average molecular weight is 326 g/mol. The van der Waals surface area contributed by atoms with Crippen molar-refractivity contribution < 1.29 is 28.5 Å². The van der Waals surface area contributed by atoms with Gasteiger partial charge in [-0.2, -0.15) is 0 Å². The van der Waals surface area contributed by atoms with E-state index in [1.54, 1.807) is 19.1 Å². The Morgan fingerprint density at radius 3 is 2.09 bits per heavy atom. The fourth-order valence-electron chi connectivity index (χ4n) is 1.84. The van der Waals surface area contributed by atoms with Crippen LogP contribution in [0.5, 0.6) is 17.2 Å². The molecule has 2 amide bonds. The summed E-state index contributed by atoms with van der Waals surface area (Å²) in [4.78, 5) is 24.7. The Morgan fingerprint density at radius 1 is 1.09 bits per heavy atom. The van der Waals surface area contributed by atoms with Crippen LogP contribution in [0.3, 0.4) is 0 Å². The van der Waals surface area contributed by atoms with Crippen LogP contribution in [0, 0.1) is 0 Å². The molecule has 0 spiro atoms. The van der Waals surface area contributed by atoms with Crippen molar-refractivity contribution in [3.05, 3.63) is 12.1 Å². The molecule has 128 valence electrons. The molecule has 8 nitrogen and oxygen atoms in total.